The molecule has 0 spiro atoms. The number of nitriles is 1. The molecule has 4 heterocycles. The largest absolute Gasteiger partial charge is 0.494 e. The first kappa shape index (κ1) is 36.8. The van der Waals surface area contributed by atoms with E-state index in [1.165, 1.54) is 0 Å². The second-order valence-electron chi connectivity index (χ2n) is 13.7. The van der Waals surface area contributed by atoms with E-state index in [-0.39, 0.29) is 36.8 Å². The molecule has 1 atom stereocenters. The number of hydrogen-bond donors (Lipinski definition) is 2. The van der Waals surface area contributed by atoms with Gasteiger partial charge in [-0.3, -0.25) is 29.4 Å². The van der Waals surface area contributed by atoms with Crippen molar-refractivity contribution in [2.45, 2.75) is 63.1 Å². The number of benzene rings is 2. The van der Waals surface area contributed by atoms with Gasteiger partial charge in [-0.05, 0) is 81.0 Å². The molecule has 2 aromatic carbocycles. The monoisotopic (exact) mass is 753 g/mol. The average Bonchev–Trinajstić information content (AvgIpc) is 3.18. The number of piperidine rings is 1. The molecule has 7 rings (SSSR count). The van der Waals surface area contributed by atoms with E-state index in [4.69, 9.17) is 26.3 Å². The molecule has 1 saturated carbocycles. The van der Waals surface area contributed by atoms with Crippen LogP contribution in [0, 0.1) is 11.3 Å². The summed E-state index contributed by atoms with van der Waals surface area (Å²) in [6.07, 6.45) is 6.00. The van der Waals surface area contributed by atoms with Crippen LogP contribution in [0.2, 0.25) is 5.02 Å². The lowest BCUT2D eigenvalue weighted by molar-refractivity contribution is -0.136. The summed E-state index contributed by atoms with van der Waals surface area (Å²) in [6, 6.07) is 15.1. The number of nitrogens with zero attached hydrogens (tertiary/aromatic N) is 7. The van der Waals surface area contributed by atoms with Crippen molar-refractivity contribution >= 4 is 46.0 Å². The first-order chi connectivity index (χ1) is 26.2. The smallest absolute Gasteiger partial charge is 0.278 e. The van der Waals surface area contributed by atoms with Crippen LogP contribution in [0.5, 0.6) is 11.5 Å². The molecule has 3 amide bonds. The molecular weight excluding hydrogens is 714 g/mol. The first-order valence-electron chi connectivity index (χ1n) is 18.2. The van der Waals surface area contributed by atoms with Crippen molar-refractivity contribution in [3.63, 3.8) is 0 Å². The molecule has 0 bridgehead atoms. The van der Waals surface area contributed by atoms with Crippen molar-refractivity contribution < 1.29 is 23.9 Å². The molecule has 15 nitrogen and oxygen atoms in total. The van der Waals surface area contributed by atoms with Crippen LogP contribution in [0.4, 0.5) is 5.82 Å². The van der Waals surface area contributed by atoms with E-state index in [2.05, 4.69) is 35.7 Å². The molecule has 0 radical (unpaired) electrons. The van der Waals surface area contributed by atoms with Crippen LogP contribution in [0.15, 0.2) is 59.5 Å². The Labute approximate surface area is 316 Å². The van der Waals surface area contributed by atoms with Crippen molar-refractivity contribution in [2.75, 3.05) is 44.2 Å². The van der Waals surface area contributed by atoms with Crippen LogP contribution in [0.3, 0.4) is 0 Å². The van der Waals surface area contributed by atoms with Gasteiger partial charge in [-0.25, -0.2) is 4.98 Å². The predicted octanol–water partition coefficient (Wildman–Crippen LogP) is 3.40. The number of pyridine rings is 1. The van der Waals surface area contributed by atoms with Crippen LogP contribution >= 0.6 is 11.6 Å². The molecule has 2 aliphatic heterocycles. The normalized spacial score (nSPS) is 20.6. The Balaban J connectivity index is 0.816. The number of amides is 3. The average molecular weight is 754 g/mol. The number of ether oxygens (including phenoxy) is 2. The highest BCUT2D eigenvalue weighted by Crippen LogP contribution is 2.28. The van der Waals surface area contributed by atoms with Crippen molar-refractivity contribution in [3.05, 3.63) is 81.2 Å². The van der Waals surface area contributed by atoms with Crippen LogP contribution in [-0.2, 0) is 9.59 Å². The Morgan fingerprint density at radius 3 is 2.50 bits per heavy atom. The van der Waals surface area contributed by atoms with Crippen LogP contribution in [-0.4, -0.2) is 94.1 Å². The third-order valence-electron chi connectivity index (χ3n) is 10.1. The number of carbonyl (C=O) groups is 3. The molecule has 1 unspecified atom stereocenters. The Morgan fingerprint density at radius 1 is 0.981 bits per heavy atom. The van der Waals surface area contributed by atoms with Gasteiger partial charge in [-0.1, -0.05) is 16.8 Å². The third kappa shape index (κ3) is 8.61. The first-order valence-corrected chi connectivity index (χ1v) is 18.6. The molecule has 2 N–H and O–H groups in total. The highest BCUT2D eigenvalue weighted by atomic mass is 35.5. The fraction of sp³-hybridized carbons (Fsp3) is 0.421. The fourth-order valence-corrected chi connectivity index (χ4v) is 7.29. The number of aromatic nitrogens is 4. The summed E-state index contributed by atoms with van der Waals surface area (Å²) in [6.45, 7) is 4.65. The fourth-order valence-electron chi connectivity index (χ4n) is 7.08. The van der Waals surface area contributed by atoms with Crippen LogP contribution in [0.1, 0.15) is 66.9 Å². The standard InChI is InChI=1S/C38H40ClN9O6/c39-31-21-29(6-2-24(31)22-40)54-27-7-4-26(5-8-27)42-36(50)25-3-12-34(41-23-25)47-17-15-46(16-18-47)14-1-19-53-28-9-10-32-30(20-28)38(52)48(45-44-32)33-11-13-35(49)43-37(33)51/h2-3,6,9-10,12,20-21,23,26-27,33H,1,4-5,7-8,11,13-19H2,(H,42,50)(H,43,49,51). The maximum atomic E-state index is 13.2. The van der Waals surface area contributed by atoms with Gasteiger partial charge in [-0.15, -0.1) is 5.10 Å². The van der Waals surface area contributed by atoms with Crippen LogP contribution < -0.4 is 30.6 Å². The van der Waals surface area contributed by atoms with Crippen molar-refractivity contribution in [3.8, 4) is 17.6 Å². The minimum Gasteiger partial charge on any atom is -0.494 e. The van der Waals surface area contributed by atoms with E-state index in [9.17, 15) is 19.2 Å². The van der Waals surface area contributed by atoms with Gasteiger partial charge < -0.3 is 19.7 Å². The lowest BCUT2D eigenvalue weighted by Crippen LogP contribution is -2.47. The lowest BCUT2D eigenvalue weighted by atomic mass is 9.92. The maximum Gasteiger partial charge on any atom is 0.278 e. The SMILES string of the molecule is N#Cc1ccc(OC2CCC(NC(=O)c3ccc(N4CCN(CCCOc5ccc6nnn(C7CCC(=O)NC7=O)c(=O)c6c5)CC4)nc3)CC2)cc1Cl. The maximum absolute atomic E-state index is 13.2. The molecule has 16 heteroatoms. The summed E-state index contributed by atoms with van der Waals surface area (Å²) >= 11 is 6.14. The number of halogens is 1. The zero-order chi connectivity index (χ0) is 37.6. The number of imide groups is 1. The van der Waals surface area contributed by atoms with E-state index in [1.807, 2.05) is 18.2 Å². The highest BCUT2D eigenvalue weighted by molar-refractivity contribution is 6.31. The minimum absolute atomic E-state index is 0.0298. The Morgan fingerprint density at radius 2 is 1.78 bits per heavy atom. The number of nitrogens with one attached hydrogen (secondary N) is 2. The quantitative estimate of drug-likeness (QED) is 0.168. The zero-order valence-electron chi connectivity index (χ0n) is 29.6. The van der Waals surface area contributed by atoms with Gasteiger partial charge in [0.25, 0.3) is 17.4 Å². The molecule has 4 aromatic rings. The molecule has 2 saturated heterocycles. The molecule has 1 aliphatic carbocycles. The Hall–Kier alpha value is -5.59. The Kier molecular flexibility index (Phi) is 11.3. The van der Waals surface area contributed by atoms with Crippen molar-refractivity contribution in [1.29, 1.82) is 5.26 Å². The van der Waals surface area contributed by atoms with E-state index in [0.29, 0.717) is 45.2 Å². The molecule has 2 aromatic heterocycles. The van der Waals surface area contributed by atoms with Gasteiger partial charge in [0.1, 0.15) is 34.9 Å². The van der Waals surface area contributed by atoms with E-state index < -0.39 is 17.5 Å². The molecule has 280 valence electrons. The lowest BCUT2D eigenvalue weighted by Gasteiger charge is -2.35. The van der Waals surface area contributed by atoms with E-state index in [1.54, 1.807) is 42.6 Å². The van der Waals surface area contributed by atoms with Gasteiger partial charge >= 0.3 is 0 Å². The van der Waals surface area contributed by atoms with Gasteiger partial charge in [0.05, 0.1) is 34.2 Å². The number of anilines is 1. The van der Waals surface area contributed by atoms with Gasteiger partial charge in [0.2, 0.25) is 5.91 Å². The molecular formula is C38H40ClN9O6. The minimum atomic E-state index is -0.883. The highest BCUT2D eigenvalue weighted by Gasteiger charge is 2.30. The number of carbonyl (C=O) groups excluding carboxylic acids is 3. The number of fused-ring (bicyclic) bond motifs is 1. The summed E-state index contributed by atoms with van der Waals surface area (Å²) in [4.78, 5) is 59.2. The Bertz CT molecular complexity index is 2120. The summed E-state index contributed by atoms with van der Waals surface area (Å²) in [7, 11) is 0. The topological polar surface area (TPSA) is 185 Å². The second kappa shape index (κ2) is 16.6. The van der Waals surface area contributed by atoms with Crippen molar-refractivity contribution in [2.24, 2.45) is 0 Å². The summed E-state index contributed by atoms with van der Waals surface area (Å²) in [5.41, 5.74) is 0.886. The van der Waals surface area contributed by atoms with Gasteiger partial charge in [0.15, 0.2) is 0 Å². The third-order valence-corrected chi connectivity index (χ3v) is 10.4. The zero-order valence-corrected chi connectivity index (χ0v) is 30.3. The van der Waals surface area contributed by atoms with Crippen LogP contribution in [0.25, 0.3) is 10.9 Å². The number of hydrogen-bond acceptors (Lipinski definition) is 12. The molecule has 3 aliphatic rings. The summed E-state index contributed by atoms with van der Waals surface area (Å²) in [5, 5.41) is 23.2. The van der Waals surface area contributed by atoms with Gasteiger partial charge in [0, 0.05) is 57.4 Å². The summed E-state index contributed by atoms with van der Waals surface area (Å²) in [5.74, 6) is 0.952. The molecule has 3 fully saturated rings. The number of rotatable bonds is 11. The predicted molar refractivity (Wildman–Crippen MR) is 199 cm³/mol. The van der Waals surface area contributed by atoms with E-state index >= 15 is 0 Å². The number of piperazine rings is 1. The van der Waals surface area contributed by atoms with E-state index in [0.717, 1.165) is 75.3 Å². The van der Waals surface area contributed by atoms with Crippen molar-refractivity contribution in [1.82, 2.24) is 35.5 Å². The molecule has 54 heavy (non-hydrogen) atoms. The summed E-state index contributed by atoms with van der Waals surface area (Å²) < 4.78 is 13.1. The van der Waals surface area contributed by atoms with Gasteiger partial charge in [-0.2, -0.15) is 9.94 Å². The second-order valence-corrected chi connectivity index (χ2v) is 14.1.